The Morgan fingerprint density at radius 2 is 1.89 bits per heavy atom. The van der Waals surface area contributed by atoms with Crippen LogP contribution >= 0.6 is 11.6 Å². The Balaban J connectivity index is 3.20. The predicted octanol–water partition coefficient (Wildman–Crippen LogP) is 3.21. The molecule has 0 unspecified atom stereocenters. The smallest absolute Gasteiger partial charge is 0.293 e. The van der Waals surface area contributed by atoms with Crippen LogP contribution < -0.4 is 10.9 Å². The van der Waals surface area contributed by atoms with E-state index in [0.717, 1.165) is 12.8 Å². The molecular formula is C14H24ClN3O. The number of hydrogen-bond acceptors (Lipinski definition) is 3. The van der Waals surface area contributed by atoms with Crippen LogP contribution in [0.5, 0.6) is 0 Å². The van der Waals surface area contributed by atoms with Gasteiger partial charge >= 0.3 is 0 Å². The summed E-state index contributed by atoms with van der Waals surface area (Å²) in [6, 6.07) is 0. The number of alkyl halides is 1. The second-order valence-corrected chi connectivity index (χ2v) is 6.14. The minimum atomic E-state index is -0.273. The fourth-order valence-corrected chi connectivity index (χ4v) is 2.37. The third kappa shape index (κ3) is 3.50. The van der Waals surface area contributed by atoms with Crippen molar-refractivity contribution in [2.45, 2.75) is 58.5 Å². The molecule has 1 heterocycles. The Labute approximate surface area is 120 Å². The van der Waals surface area contributed by atoms with Crippen LogP contribution in [0, 0.1) is 0 Å². The maximum atomic E-state index is 12.4. The van der Waals surface area contributed by atoms with E-state index in [1.807, 2.05) is 20.8 Å². The molecule has 4 nitrogen and oxygen atoms in total. The molecule has 0 amide bonds. The lowest BCUT2D eigenvalue weighted by Crippen LogP contribution is -2.43. The van der Waals surface area contributed by atoms with Crippen molar-refractivity contribution >= 4 is 17.4 Å². The number of rotatable bonds is 5. The average molecular weight is 286 g/mol. The van der Waals surface area contributed by atoms with Crippen molar-refractivity contribution in [1.82, 2.24) is 9.55 Å². The summed E-state index contributed by atoms with van der Waals surface area (Å²) >= 11 is 6.06. The fraction of sp³-hybridized carbons (Fsp3) is 0.714. The van der Waals surface area contributed by atoms with E-state index in [1.54, 1.807) is 17.0 Å². The number of anilines is 1. The summed E-state index contributed by atoms with van der Waals surface area (Å²) in [5.41, 5.74) is -0.644. The molecule has 1 aromatic heterocycles. The van der Waals surface area contributed by atoms with Crippen molar-refractivity contribution in [1.29, 1.82) is 0 Å². The Morgan fingerprint density at radius 1 is 1.32 bits per heavy atom. The summed E-state index contributed by atoms with van der Waals surface area (Å²) in [5.74, 6) is 0.827. The van der Waals surface area contributed by atoms with E-state index in [9.17, 15) is 4.79 Å². The first-order valence-electron chi connectivity index (χ1n) is 6.72. The van der Waals surface area contributed by atoms with Gasteiger partial charge in [0.05, 0.1) is 5.54 Å². The molecule has 0 bridgehead atoms. The molecule has 0 aliphatic rings. The number of nitrogens with zero attached hydrogens (tertiary/aromatic N) is 2. The van der Waals surface area contributed by atoms with Gasteiger partial charge in [-0.15, -0.1) is 11.6 Å². The van der Waals surface area contributed by atoms with Gasteiger partial charge in [-0.25, -0.2) is 4.98 Å². The van der Waals surface area contributed by atoms with Gasteiger partial charge in [0, 0.05) is 23.8 Å². The molecule has 0 radical (unpaired) electrons. The Hall–Kier alpha value is -1.03. The predicted molar refractivity (Wildman–Crippen MR) is 81.1 cm³/mol. The largest absolute Gasteiger partial charge is 0.359 e. The minimum Gasteiger partial charge on any atom is -0.359 e. The van der Waals surface area contributed by atoms with Crippen LogP contribution in [0.2, 0.25) is 0 Å². The van der Waals surface area contributed by atoms with Crippen LogP contribution in [0.15, 0.2) is 17.2 Å². The van der Waals surface area contributed by atoms with E-state index in [1.165, 1.54) is 0 Å². The topological polar surface area (TPSA) is 46.9 Å². The molecule has 19 heavy (non-hydrogen) atoms. The van der Waals surface area contributed by atoms with Crippen LogP contribution in [0.3, 0.4) is 0 Å². The van der Waals surface area contributed by atoms with Crippen molar-refractivity contribution in [3.8, 4) is 0 Å². The maximum Gasteiger partial charge on any atom is 0.293 e. The van der Waals surface area contributed by atoms with E-state index in [-0.39, 0.29) is 16.6 Å². The SMILES string of the molecule is CCC(CC)(CCl)Nc1nccn(C(C)(C)C)c1=O. The van der Waals surface area contributed by atoms with Crippen molar-refractivity contribution in [2.75, 3.05) is 11.2 Å². The fourth-order valence-electron chi connectivity index (χ4n) is 1.93. The van der Waals surface area contributed by atoms with Crippen LogP contribution in [0.1, 0.15) is 47.5 Å². The number of aromatic nitrogens is 2. The summed E-state index contributed by atoms with van der Waals surface area (Å²) in [6.45, 7) is 10.1. The molecule has 1 aromatic rings. The third-order valence-corrected chi connectivity index (χ3v) is 4.07. The Kier molecular flexibility index (Phi) is 5.02. The Bertz CT molecular complexity index is 464. The first kappa shape index (κ1) is 16.0. The minimum absolute atomic E-state index is 0.105. The highest BCUT2D eigenvalue weighted by Gasteiger charge is 2.27. The zero-order valence-corrected chi connectivity index (χ0v) is 13.2. The van der Waals surface area contributed by atoms with Gasteiger partial charge in [-0.3, -0.25) is 4.79 Å². The summed E-state index contributed by atoms with van der Waals surface area (Å²) in [6.07, 6.45) is 5.06. The van der Waals surface area contributed by atoms with E-state index in [2.05, 4.69) is 24.1 Å². The quantitative estimate of drug-likeness (QED) is 0.845. The first-order chi connectivity index (χ1) is 8.79. The van der Waals surface area contributed by atoms with Crippen molar-refractivity contribution in [3.05, 3.63) is 22.7 Å². The highest BCUT2D eigenvalue weighted by atomic mass is 35.5. The molecule has 0 aliphatic heterocycles. The number of halogens is 1. The van der Waals surface area contributed by atoms with Crippen LogP contribution in [0.25, 0.3) is 0 Å². The lowest BCUT2D eigenvalue weighted by Gasteiger charge is -2.31. The van der Waals surface area contributed by atoms with Gasteiger partial charge in [0.1, 0.15) is 0 Å². The van der Waals surface area contributed by atoms with E-state index in [4.69, 9.17) is 11.6 Å². The Morgan fingerprint density at radius 3 is 2.32 bits per heavy atom. The summed E-state index contributed by atoms with van der Waals surface area (Å²) in [7, 11) is 0. The molecule has 0 spiro atoms. The highest BCUT2D eigenvalue weighted by Crippen LogP contribution is 2.21. The zero-order chi connectivity index (χ0) is 14.7. The summed E-state index contributed by atoms with van der Waals surface area (Å²) in [5, 5.41) is 3.25. The lowest BCUT2D eigenvalue weighted by atomic mass is 9.95. The van der Waals surface area contributed by atoms with Crippen LogP contribution in [-0.2, 0) is 5.54 Å². The van der Waals surface area contributed by atoms with Crippen LogP contribution in [0.4, 0.5) is 5.82 Å². The van der Waals surface area contributed by atoms with Gasteiger partial charge < -0.3 is 9.88 Å². The summed E-state index contributed by atoms with van der Waals surface area (Å²) < 4.78 is 1.69. The molecular weight excluding hydrogens is 262 g/mol. The lowest BCUT2D eigenvalue weighted by molar-refractivity contribution is 0.381. The first-order valence-corrected chi connectivity index (χ1v) is 7.25. The highest BCUT2D eigenvalue weighted by molar-refractivity contribution is 6.18. The molecule has 0 atom stereocenters. The molecule has 0 saturated heterocycles. The van der Waals surface area contributed by atoms with Gasteiger partial charge in [0.25, 0.3) is 5.56 Å². The third-order valence-electron chi connectivity index (χ3n) is 3.56. The normalized spacial score (nSPS) is 12.5. The molecule has 1 rings (SSSR count). The second-order valence-electron chi connectivity index (χ2n) is 5.87. The number of hydrogen-bond donors (Lipinski definition) is 1. The van der Waals surface area contributed by atoms with Crippen LogP contribution in [-0.4, -0.2) is 21.0 Å². The van der Waals surface area contributed by atoms with Crippen molar-refractivity contribution in [3.63, 3.8) is 0 Å². The van der Waals surface area contributed by atoms with Gasteiger partial charge in [-0.2, -0.15) is 0 Å². The maximum absolute atomic E-state index is 12.4. The molecule has 108 valence electrons. The van der Waals surface area contributed by atoms with E-state index >= 15 is 0 Å². The van der Waals surface area contributed by atoms with E-state index in [0.29, 0.717) is 11.7 Å². The molecule has 0 saturated carbocycles. The molecule has 0 aromatic carbocycles. The van der Waals surface area contributed by atoms with Gasteiger partial charge in [0.15, 0.2) is 5.82 Å². The number of nitrogens with one attached hydrogen (secondary N) is 1. The van der Waals surface area contributed by atoms with Crippen molar-refractivity contribution < 1.29 is 0 Å². The van der Waals surface area contributed by atoms with E-state index < -0.39 is 0 Å². The zero-order valence-electron chi connectivity index (χ0n) is 12.5. The molecule has 5 heteroatoms. The van der Waals surface area contributed by atoms with Gasteiger partial charge in [0.2, 0.25) is 0 Å². The molecule has 0 aliphatic carbocycles. The monoisotopic (exact) mass is 285 g/mol. The van der Waals surface area contributed by atoms with Gasteiger partial charge in [-0.1, -0.05) is 13.8 Å². The van der Waals surface area contributed by atoms with Gasteiger partial charge in [-0.05, 0) is 33.6 Å². The average Bonchev–Trinajstić information content (AvgIpc) is 2.37. The molecule has 1 N–H and O–H groups in total. The second kappa shape index (κ2) is 5.95. The molecule has 0 fully saturated rings. The van der Waals surface area contributed by atoms with Crippen molar-refractivity contribution in [2.24, 2.45) is 0 Å². The standard InChI is InChI=1S/C14H24ClN3O/c1-6-14(7-2,10-15)17-11-12(19)18(9-8-16-11)13(3,4)5/h8-9H,6-7,10H2,1-5H3,(H,16,17). The summed E-state index contributed by atoms with van der Waals surface area (Å²) in [4.78, 5) is 16.6.